The van der Waals surface area contributed by atoms with Crippen molar-refractivity contribution in [1.29, 1.82) is 0 Å². The number of nitro groups is 1. The molecule has 1 aromatic rings. The zero-order chi connectivity index (χ0) is 16.9. The molecule has 1 amide bonds. The van der Waals surface area contributed by atoms with Crippen LogP contribution in [-0.2, 0) is 4.79 Å². The normalized spacial score (nSPS) is 10.9. The maximum absolute atomic E-state index is 12.1. The highest BCUT2D eigenvalue weighted by molar-refractivity contribution is 5.99. The number of nitro benzene ring substituents is 1. The van der Waals surface area contributed by atoms with E-state index in [1.54, 1.807) is 13.8 Å². The molecular formula is C14H15N3O5. The number of carbonyl (C=O) groups is 1. The molecule has 0 radical (unpaired) electrons. The number of nitrogens with zero attached hydrogens (tertiary/aromatic N) is 3. The largest absolute Gasteiger partial charge is 0.504 e. The molecule has 0 atom stereocenters. The molecule has 1 aromatic carbocycles. The van der Waals surface area contributed by atoms with Crippen LogP contribution in [0.5, 0.6) is 11.5 Å². The van der Waals surface area contributed by atoms with E-state index < -0.39 is 28.0 Å². The van der Waals surface area contributed by atoms with Crippen LogP contribution in [0.25, 0.3) is 10.9 Å². The number of hydrogen-bond acceptors (Lipinski definition) is 5. The van der Waals surface area contributed by atoms with Crippen molar-refractivity contribution in [3.63, 3.8) is 0 Å². The van der Waals surface area contributed by atoms with Crippen LogP contribution in [0.2, 0.25) is 0 Å². The summed E-state index contributed by atoms with van der Waals surface area (Å²) in [7, 11) is 0. The fourth-order valence-corrected chi connectivity index (χ4v) is 1.82. The topological polar surface area (TPSA) is 108 Å². The Labute approximate surface area is 126 Å². The van der Waals surface area contributed by atoms with Gasteiger partial charge in [-0.1, -0.05) is 0 Å². The molecule has 0 aliphatic carbocycles. The van der Waals surface area contributed by atoms with Crippen molar-refractivity contribution in [1.82, 2.24) is 4.90 Å². The number of aromatic hydroxyl groups is 2. The van der Waals surface area contributed by atoms with Gasteiger partial charge in [0, 0.05) is 19.2 Å². The first-order valence-electron chi connectivity index (χ1n) is 6.44. The summed E-state index contributed by atoms with van der Waals surface area (Å²) in [5, 5.41) is 29.7. The third-order valence-corrected chi connectivity index (χ3v) is 2.98. The number of likely N-dealkylation sites (N-methyl/N-ethyl adjacent to an activating group) is 1. The van der Waals surface area contributed by atoms with Gasteiger partial charge in [-0.2, -0.15) is 0 Å². The minimum Gasteiger partial charge on any atom is -0.504 e. The number of phenolic OH excluding ortho intramolecular Hbond substituents is 2. The number of benzene rings is 1. The Hall–Kier alpha value is -3.08. The molecule has 8 heteroatoms. The molecule has 0 aromatic heterocycles. The van der Waals surface area contributed by atoms with Crippen molar-refractivity contribution in [3.05, 3.63) is 44.9 Å². The fraction of sp³-hybridized carbons (Fsp3) is 0.286. The predicted molar refractivity (Wildman–Crippen MR) is 78.9 cm³/mol. The first-order valence-corrected chi connectivity index (χ1v) is 6.44. The highest BCUT2D eigenvalue weighted by Crippen LogP contribution is 2.36. The van der Waals surface area contributed by atoms with Gasteiger partial charge in [0.2, 0.25) is 5.75 Å². The minimum absolute atomic E-state index is 0.0773. The van der Waals surface area contributed by atoms with Crippen molar-refractivity contribution >= 4 is 17.7 Å². The quantitative estimate of drug-likeness (QED) is 0.285. The highest BCUT2D eigenvalue weighted by atomic mass is 16.6. The van der Waals surface area contributed by atoms with E-state index in [0.717, 1.165) is 18.2 Å². The van der Waals surface area contributed by atoms with Gasteiger partial charge < -0.3 is 15.1 Å². The summed E-state index contributed by atoms with van der Waals surface area (Å²) in [6.07, 6.45) is 1.14. The second kappa shape index (κ2) is 7.08. The average Bonchev–Trinajstić information content (AvgIpc) is 2.48. The molecular weight excluding hydrogens is 290 g/mol. The van der Waals surface area contributed by atoms with Crippen molar-refractivity contribution in [2.45, 2.75) is 13.8 Å². The average molecular weight is 305 g/mol. The van der Waals surface area contributed by atoms with Crippen LogP contribution in [0.4, 0.5) is 5.69 Å². The van der Waals surface area contributed by atoms with E-state index in [4.69, 9.17) is 6.57 Å². The molecule has 8 nitrogen and oxygen atoms in total. The first kappa shape index (κ1) is 17.0. The van der Waals surface area contributed by atoms with Gasteiger partial charge >= 0.3 is 5.69 Å². The summed E-state index contributed by atoms with van der Waals surface area (Å²) in [6, 6.07) is 2.03. The highest BCUT2D eigenvalue weighted by Gasteiger charge is 2.20. The van der Waals surface area contributed by atoms with E-state index in [2.05, 4.69) is 4.85 Å². The molecule has 0 spiro atoms. The molecule has 0 aliphatic heterocycles. The van der Waals surface area contributed by atoms with E-state index >= 15 is 0 Å². The van der Waals surface area contributed by atoms with E-state index in [9.17, 15) is 25.1 Å². The lowest BCUT2D eigenvalue weighted by molar-refractivity contribution is -0.386. The smallest absolute Gasteiger partial charge is 0.315 e. The minimum atomic E-state index is -0.865. The van der Waals surface area contributed by atoms with E-state index in [-0.39, 0.29) is 11.3 Å². The summed E-state index contributed by atoms with van der Waals surface area (Å²) in [5.74, 6) is -2.06. The summed E-state index contributed by atoms with van der Waals surface area (Å²) in [6.45, 7) is 11.4. The Kier molecular flexibility index (Phi) is 5.46. The molecule has 1 rings (SSSR count). The van der Waals surface area contributed by atoms with Crippen LogP contribution in [0.15, 0.2) is 17.8 Å². The van der Waals surface area contributed by atoms with Gasteiger partial charge in [-0.15, -0.1) is 0 Å². The van der Waals surface area contributed by atoms with Gasteiger partial charge in [-0.05, 0) is 31.6 Å². The summed E-state index contributed by atoms with van der Waals surface area (Å²) < 4.78 is 0. The summed E-state index contributed by atoms with van der Waals surface area (Å²) >= 11 is 0. The predicted octanol–water partition coefficient (Wildman–Crippen LogP) is 2.13. The summed E-state index contributed by atoms with van der Waals surface area (Å²) in [5.41, 5.74) is -0.859. The van der Waals surface area contributed by atoms with Crippen LogP contribution in [0, 0.1) is 16.7 Å². The first-order chi connectivity index (χ1) is 10.3. The lowest BCUT2D eigenvalue weighted by atomic mass is 10.1. The van der Waals surface area contributed by atoms with Crippen molar-refractivity contribution in [2.24, 2.45) is 0 Å². The molecule has 22 heavy (non-hydrogen) atoms. The second-order valence-corrected chi connectivity index (χ2v) is 4.28. The lowest BCUT2D eigenvalue weighted by Crippen LogP contribution is -2.30. The standard InChI is InChI=1S/C14H15N3O5/c1-4-16(5-2)14(20)10(15-3)6-9-7-11(17(21)22)13(19)12(18)8-9/h6-8,18-19H,4-5H2,1-2H3. The third-order valence-electron chi connectivity index (χ3n) is 2.98. The fourth-order valence-electron chi connectivity index (χ4n) is 1.82. The molecule has 2 N–H and O–H groups in total. The number of rotatable bonds is 5. The number of carbonyl (C=O) groups excluding carboxylic acids is 1. The molecule has 0 saturated carbocycles. The lowest BCUT2D eigenvalue weighted by Gasteiger charge is -2.18. The zero-order valence-electron chi connectivity index (χ0n) is 12.1. The van der Waals surface area contributed by atoms with Gasteiger partial charge in [0.15, 0.2) is 5.75 Å². The Balaban J connectivity index is 3.33. The monoisotopic (exact) mass is 305 g/mol. The van der Waals surface area contributed by atoms with Crippen LogP contribution in [-0.4, -0.2) is 39.0 Å². The Morgan fingerprint density at radius 3 is 2.45 bits per heavy atom. The van der Waals surface area contributed by atoms with Gasteiger partial charge in [-0.25, -0.2) is 4.85 Å². The Morgan fingerprint density at radius 2 is 2.00 bits per heavy atom. The second-order valence-electron chi connectivity index (χ2n) is 4.28. The number of phenols is 2. The Bertz CT molecular complexity index is 672. The SMILES string of the molecule is [C-]#[N+]C(=Cc1cc(O)c(O)c([N+](=O)[O-])c1)C(=O)N(CC)CC. The van der Waals surface area contributed by atoms with E-state index in [1.807, 2.05) is 0 Å². The molecule has 0 saturated heterocycles. The maximum atomic E-state index is 12.1. The van der Waals surface area contributed by atoms with Crippen molar-refractivity contribution in [2.75, 3.05) is 13.1 Å². The molecule has 0 aliphatic rings. The molecule has 0 bridgehead atoms. The van der Waals surface area contributed by atoms with Crippen LogP contribution < -0.4 is 0 Å². The van der Waals surface area contributed by atoms with Crippen LogP contribution >= 0.6 is 0 Å². The van der Waals surface area contributed by atoms with Crippen molar-refractivity contribution in [3.8, 4) is 11.5 Å². The molecule has 116 valence electrons. The molecule has 0 fully saturated rings. The van der Waals surface area contributed by atoms with Crippen LogP contribution in [0.3, 0.4) is 0 Å². The number of hydrogen-bond donors (Lipinski definition) is 2. The van der Waals surface area contributed by atoms with E-state index in [0.29, 0.717) is 13.1 Å². The molecule has 0 unspecified atom stereocenters. The van der Waals surface area contributed by atoms with Gasteiger partial charge in [0.1, 0.15) is 0 Å². The molecule has 0 heterocycles. The van der Waals surface area contributed by atoms with Gasteiger partial charge in [0.05, 0.1) is 11.5 Å². The number of amides is 1. The van der Waals surface area contributed by atoms with Crippen molar-refractivity contribution < 1.29 is 19.9 Å². The van der Waals surface area contributed by atoms with Gasteiger partial charge in [-0.3, -0.25) is 14.9 Å². The van der Waals surface area contributed by atoms with Gasteiger partial charge in [0.25, 0.3) is 11.6 Å². The summed E-state index contributed by atoms with van der Waals surface area (Å²) in [4.78, 5) is 26.6. The van der Waals surface area contributed by atoms with E-state index in [1.165, 1.54) is 4.90 Å². The van der Waals surface area contributed by atoms with Crippen LogP contribution in [0.1, 0.15) is 19.4 Å². The Morgan fingerprint density at radius 1 is 1.41 bits per heavy atom. The third kappa shape index (κ3) is 3.52. The zero-order valence-corrected chi connectivity index (χ0v) is 12.1. The maximum Gasteiger partial charge on any atom is 0.315 e.